The van der Waals surface area contributed by atoms with Crippen LogP contribution in [0.4, 0.5) is 0 Å². The van der Waals surface area contributed by atoms with Crippen LogP contribution in [0.2, 0.25) is 0 Å². The highest BCUT2D eigenvalue weighted by atomic mass is 16.2. The molecule has 0 unspecified atom stereocenters. The number of hydrogen-bond acceptors (Lipinski definition) is 6. The molecule has 2 aliphatic rings. The van der Waals surface area contributed by atoms with Gasteiger partial charge >= 0.3 is 5.69 Å². The second-order valence-corrected chi connectivity index (χ2v) is 6.33. The van der Waals surface area contributed by atoms with E-state index in [0.29, 0.717) is 18.1 Å². The quantitative estimate of drug-likeness (QED) is 0.550. The average Bonchev–Trinajstić information content (AvgIpc) is 2.70. The fourth-order valence-electron chi connectivity index (χ4n) is 2.89. The van der Waals surface area contributed by atoms with Crippen LogP contribution >= 0.6 is 0 Å². The van der Waals surface area contributed by atoms with Crippen molar-refractivity contribution >= 4 is 10.9 Å². The van der Waals surface area contributed by atoms with Gasteiger partial charge in [0.05, 0.1) is 5.52 Å². The molecule has 0 spiro atoms. The summed E-state index contributed by atoms with van der Waals surface area (Å²) < 4.78 is 2.54. The number of pyridine rings is 1. The van der Waals surface area contributed by atoms with Crippen molar-refractivity contribution in [3.63, 3.8) is 0 Å². The van der Waals surface area contributed by atoms with E-state index in [1.807, 2.05) is 36.4 Å². The molecule has 2 aliphatic heterocycles. The van der Waals surface area contributed by atoms with E-state index in [9.17, 15) is 9.59 Å². The van der Waals surface area contributed by atoms with Crippen LogP contribution in [0.5, 0.6) is 0 Å². The molecule has 0 bridgehead atoms. The number of nitrogens with zero attached hydrogens (tertiary/aromatic N) is 6. The van der Waals surface area contributed by atoms with Gasteiger partial charge in [0.2, 0.25) is 0 Å². The zero-order chi connectivity index (χ0) is 19.0. The van der Waals surface area contributed by atoms with Crippen molar-refractivity contribution in [1.82, 2.24) is 29.3 Å². The van der Waals surface area contributed by atoms with E-state index in [1.165, 1.54) is 7.05 Å². The summed E-state index contributed by atoms with van der Waals surface area (Å²) in [4.78, 5) is 37.5. The van der Waals surface area contributed by atoms with Crippen molar-refractivity contribution in [3.05, 3.63) is 57.2 Å². The van der Waals surface area contributed by atoms with E-state index < -0.39 is 11.2 Å². The van der Waals surface area contributed by atoms with Gasteiger partial charge in [-0.15, -0.1) is 5.10 Å². The molecule has 4 rings (SSSR count). The molecule has 1 aromatic heterocycles. The van der Waals surface area contributed by atoms with E-state index >= 15 is 0 Å². The zero-order valence-corrected chi connectivity index (χ0v) is 15.1. The summed E-state index contributed by atoms with van der Waals surface area (Å²) >= 11 is 0. The lowest BCUT2D eigenvalue weighted by Crippen LogP contribution is -2.37. The summed E-state index contributed by atoms with van der Waals surface area (Å²) in [5.74, 6) is 0.544. The molecule has 2 aromatic rings. The second-order valence-electron chi connectivity index (χ2n) is 6.33. The smallest absolute Gasteiger partial charge is 0.267 e. The van der Waals surface area contributed by atoms with Crippen LogP contribution in [0.15, 0.2) is 46.0 Å². The molecule has 27 heavy (non-hydrogen) atoms. The van der Waals surface area contributed by atoms with Gasteiger partial charge in [0, 0.05) is 19.0 Å². The van der Waals surface area contributed by atoms with Crippen molar-refractivity contribution in [2.45, 2.75) is 26.3 Å². The average molecular weight is 362 g/mol. The lowest BCUT2D eigenvalue weighted by atomic mass is 10.2. The highest BCUT2D eigenvalue weighted by molar-refractivity contribution is 5.80. The largest absolute Gasteiger partial charge is 0.352 e. The molecule has 0 radical (unpaired) electrons. The Hall–Kier alpha value is -3.42. The standard InChI is InChI=1S/C19H18N6O2/c1-3-4-11-25-17-15(18(26)24(2)19(27)22-17)21-16(23-25)14-10-9-12-7-5-6-8-13(12)20-14/h5-10H,3-4,11H2,1-2H3. The van der Waals surface area contributed by atoms with Gasteiger partial charge in [0.25, 0.3) is 5.56 Å². The van der Waals surface area contributed by atoms with Crippen LogP contribution in [-0.4, -0.2) is 29.3 Å². The highest BCUT2D eigenvalue weighted by Gasteiger charge is 2.21. The molecular weight excluding hydrogens is 344 g/mol. The van der Waals surface area contributed by atoms with Gasteiger partial charge in [0.15, 0.2) is 17.3 Å². The maximum absolute atomic E-state index is 12.6. The van der Waals surface area contributed by atoms with Gasteiger partial charge in [-0.3, -0.25) is 9.36 Å². The zero-order valence-electron chi connectivity index (χ0n) is 15.1. The van der Waals surface area contributed by atoms with Gasteiger partial charge in [-0.25, -0.2) is 19.4 Å². The summed E-state index contributed by atoms with van der Waals surface area (Å²) in [6, 6.07) is 11.5. The van der Waals surface area contributed by atoms with Gasteiger partial charge in [-0.2, -0.15) is 4.98 Å². The van der Waals surface area contributed by atoms with Gasteiger partial charge in [-0.05, 0) is 18.6 Å². The van der Waals surface area contributed by atoms with Crippen LogP contribution < -0.4 is 11.2 Å². The number of hydrogen-bond donors (Lipinski definition) is 0. The monoisotopic (exact) mass is 362 g/mol. The first-order valence-corrected chi connectivity index (χ1v) is 8.80. The Morgan fingerprint density at radius 2 is 1.81 bits per heavy atom. The fourth-order valence-corrected chi connectivity index (χ4v) is 2.89. The minimum absolute atomic E-state index is 0.119. The van der Waals surface area contributed by atoms with Gasteiger partial charge in [0.1, 0.15) is 5.69 Å². The number of aryl methyl sites for hydroxylation is 1. The first-order chi connectivity index (χ1) is 13.1. The predicted molar refractivity (Wildman–Crippen MR) is 102 cm³/mol. The van der Waals surface area contributed by atoms with E-state index in [-0.39, 0.29) is 11.5 Å². The molecule has 0 saturated heterocycles. The lowest BCUT2D eigenvalue weighted by Gasteiger charge is -2.14. The Morgan fingerprint density at radius 3 is 2.63 bits per heavy atom. The number of unbranched alkanes of at least 4 members (excludes halogenated alkanes) is 1. The third-order valence-electron chi connectivity index (χ3n) is 4.44. The van der Waals surface area contributed by atoms with Gasteiger partial charge in [-0.1, -0.05) is 37.6 Å². The molecule has 3 heterocycles. The van der Waals surface area contributed by atoms with Crippen molar-refractivity contribution < 1.29 is 0 Å². The van der Waals surface area contributed by atoms with Crippen molar-refractivity contribution in [3.8, 4) is 23.0 Å². The molecular formula is C19H18N6O2. The maximum Gasteiger partial charge on any atom is 0.352 e. The third kappa shape index (κ3) is 2.99. The van der Waals surface area contributed by atoms with E-state index in [4.69, 9.17) is 0 Å². The molecule has 0 atom stereocenters. The minimum Gasteiger partial charge on any atom is -0.267 e. The predicted octanol–water partition coefficient (Wildman–Crippen LogP) is 1.85. The summed E-state index contributed by atoms with van der Waals surface area (Å²) in [6.07, 6.45) is 1.78. The molecule has 136 valence electrons. The Bertz CT molecular complexity index is 1230. The topological polar surface area (TPSA) is 95.6 Å². The Kier molecular flexibility index (Phi) is 4.23. The number of aromatic nitrogens is 6. The third-order valence-corrected chi connectivity index (χ3v) is 4.44. The number of benzene rings is 1. The van der Waals surface area contributed by atoms with Crippen LogP contribution in [0.3, 0.4) is 0 Å². The SMILES string of the molecule is CCCCn1nc(-c2ccc3ccccc3n2)nc2c(=O)n(C)c(=O)nc1-2. The maximum atomic E-state index is 12.6. The van der Waals surface area contributed by atoms with Crippen LogP contribution in [0.25, 0.3) is 33.9 Å². The summed E-state index contributed by atoms with van der Waals surface area (Å²) in [5.41, 5.74) is 0.402. The van der Waals surface area contributed by atoms with E-state index in [2.05, 4.69) is 27.0 Å². The first kappa shape index (κ1) is 17.0. The van der Waals surface area contributed by atoms with E-state index in [0.717, 1.165) is 28.3 Å². The molecule has 1 aromatic carbocycles. The van der Waals surface area contributed by atoms with Crippen LogP contribution in [-0.2, 0) is 13.6 Å². The minimum atomic E-state index is -0.613. The van der Waals surface area contributed by atoms with Gasteiger partial charge < -0.3 is 0 Å². The number of para-hydroxylation sites is 1. The highest BCUT2D eigenvalue weighted by Crippen LogP contribution is 2.20. The Labute approximate surface area is 154 Å². The Morgan fingerprint density at radius 1 is 1.00 bits per heavy atom. The van der Waals surface area contributed by atoms with Crippen molar-refractivity contribution in [2.24, 2.45) is 7.05 Å². The van der Waals surface area contributed by atoms with Crippen molar-refractivity contribution in [1.29, 1.82) is 0 Å². The molecule has 8 heteroatoms. The Balaban J connectivity index is 1.98. The summed E-state index contributed by atoms with van der Waals surface area (Å²) in [7, 11) is 1.39. The molecule has 0 fully saturated rings. The summed E-state index contributed by atoms with van der Waals surface area (Å²) in [5, 5.41) is 5.53. The fraction of sp³-hybridized carbons (Fsp3) is 0.263. The van der Waals surface area contributed by atoms with E-state index in [1.54, 1.807) is 4.68 Å². The number of fused-ring (bicyclic) bond motifs is 2. The lowest BCUT2D eigenvalue weighted by molar-refractivity contribution is 0.547. The van der Waals surface area contributed by atoms with Crippen LogP contribution in [0, 0.1) is 0 Å². The normalized spacial score (nSPS) is 11.3. The van der Waals surface area contributed by atoms with Crippen molar-refractivity contribution in [2.75, 3.05) is 0 Å². The molecule has 0 aliphatic carbocycles. The molecule has 0 saturated carbocycles. The molecule has 0 N–H and O–H groups in total. The molecule has 0 amide bonds. The van der Waals surface area contributed by atoms with Crippen LogP contribution in [0.1, 0.15) is 19.8 Å². The number of rotatable bonds is 4. The molecule has 8 nitrogen and oxygen atoms in total. The second kappa shape index (κ2) is 6.71. The first-order valence-electron chi connectivity index (χ1n) is 8.80. The summed E-state index contributed by atoms with van der Waals surface area (Å²) in [6.45, 7) is 2.59.